The van der Waals surface area contributed by atoms with Gasteiger partial charge in [0.15, 0.2) is 17.0 Å². The van der Waals surface area contributed by atoms with E-state index in [4.69, 9.17) is 30.5 Å². The van der Waals surface area contributed by atoms with Crippen molar-refractivity contribution >= 4 is 40.8 Å². The van der Waals surface area contributed by atoms with Gasteiger partial charge in [0.2, 0.25) is 5.28 Å². The second-order valence-electron chi connectivity index (χ2n) is 14.0. The molecule has 5 rings (SSSR count). The van der Waals surface area contributed by atoms with Crippen LogP contribution in [0, 0.1) is 0 Å². The summed E-state index contributed by atoms with van der Waals surface area (Å²) in [6.45, 7) is 9.93. The van der Waals surface area contributed by atoms with Crippen LogP contribution >= 0.6 is 11.6 Å². The molecule has 2 amide bonds. The zero-order valence-electron chi connectivity index (χ0n) is 29.2. The predicted octanol–water partition coefficient (Wildman–Crippen LogP) is 5.91. The minimum absolute atomic E-state index is 0.0724. The summed E-state index contributed by atoms with van der Waals surface area (Å²) in [4.78, 5) is 40.9. The summed E-state index contributed by atoms with van der Waals surface area (Å²) in [5.41, 5.74) is 0.467. The molecular formula is C35H43ClN6O8. The summed E-state index contributed by atoms with van der Waals surface area (Å²) < 4.78 is 23.3. The molecule has 0 aliphatic heterocycles. The molecule has 3 N–H and O–H groups in total. The quantitative estimate of drug-likeness (QED) is 0.185. The van der Waals surface area contributed by atoms with Gasteiger partial charge in [0.1, 0.15) is 34.9 Å². The van der Waals surface area contributed by atoms with Gasteiger partial charge in [-0.25, -0.2) is 19.5 Å². The smallest absolute Gasteiger partial charge is 0.420 e. The summed E-state index contributed by atoms with van der Waals surface area (Å²) in [6, 6.07) is 12.6. The van der Waals surface area contributed by atoms with E-state index in [1.807, 2.05) is 48.5 Å². The number of aliphatic hydroxyl groups excluding tert-OH is 2. The van der Waals surface area contributed by atoms with E-state index >= 15 is 0 Å². The Kier molecular flexibility index (Phi) is 10.5. The monoisotopic (exact) mass is 710 g/mol. The Morgan fingerprint density at radius 2 is 1.36 bits per heavy atom. The van der Waals surface area contributed by atoms with Crippen LogP contribution in [0.1, 0.15) is 71.2 Å². The molecule has 0 unspecified atom stereocenters. The third kappa shape index (κ3) is 8.03. The molecule has 268 valence electrons. The zero-order valence-corrected chi connectivity index (χ0v) is 30.0. The minimum atomic E-state index is -1.55. The number of carbonyl (C=O) groups is 2. The summed E-state index contributed by atoms with van der Waals surface area (Å²) in [7, 11) is 3.19. The van der Waals surface area contributed by atoms with E-state index in [9.17, 15) is 19.8 Å². The van der Waals surface area contributed by atoms with Gasteiger partial charge in [-0.2, -0.15) is 9.97 Å². The molecule has 2 aromatic heterocycles. The van der Waals surface area contributed by atoms with Gasteiger partial charge >= 0.3 is 12.2 Å². The number of benzene rings is 2. The first-order valence-corrected chi connectivity index (χ1v) is 16.4. The van der Waals surface area contributed by atoms with Crippen molar-refractivity contribution in [2.45, 2.75) is 89.5 Å². The van der Waals surface area contributed by atoms with Crippen molar-refractivity contribution in [1.29, 1.82) is 0 Å². The Hall–Kier alpha value is -4.66. The van der Waals surface area contributed by atoms with Crippen molar-refractivity contribution in [1.82, 2.24) is 24.4 Å². The Balaban J connectivity index is 1.52. The zero-order chi connectivity index (χ0) is 36.5. The molecule has 0 saturated heterocycles. The number of halogens is 1. The van der Waals surface area contributed by atoms with Crippen LogP contribution in [-0.2, 0) is 9.47 Å². The van der Waals surface area contributed by atoms with E-state index in [1.54, 1.807) is 60.3 Å². The molecule has 4 atom stereocenters. The topological polar surface area (TPSA) is 170 Å². The van der Waals surface area contributed by atoms with Crippen molar-refractivity contribution in [3.05, 3.63) is 71.3 Å². The van der Waals surface area contributed by atoms with Crippen LogP contribution in [0.3, 0.4) is 0 Å². The number of nitrogens with zero attached hydrogens (tertiary/aromatic N) is 5. The van der Waals surface area contributed by atoms with Gasteiger partial charge < -0.3 is 39.0 Å². The maximum absolute atomic E-state index is 13.4. The van der Waals surface area contributed by atoms with Crippen LogP contribution in [0.2, 0.25) is 5.28 Å². The lowest BCUT2D eigenvalue weighted by atomic mass is 9.98. The van der Waals surface area contributed by atoms with E-state index in [0.29, 0.717) is 22.8 Å². The lowest BCUT2D eigenvalue weighted by Gasteiger charge is -2.33. The number of aromatic nitrogens is 4. The number of rotatable bonds is 8. The van der Waals surface area contributed by atoms with Gasteiger partial charge in [0, 0.05) is 0 Å². The number of hydrogen-bond donors (Lipinski definition) is 3. The van der Waals surface area contributed by atoms with Crippen LogP contribution in [0.15, 0.2) is 54.9 Å². The summed E-state index contributed by atoms with van der Waals surface area (Å²) in [6.07, 6.45) is -3.65. The number of aliphatic hydroxyl groups is 2. The van der Waals surface area contributed by atoms with Gasteiger partial charge in [-0.15, -0.1) is 0 Å². The number of fused-ring (bicyclic) bond motifs is 1. The maximum atomic E-state index is 13.4. The number of hydrogen-bond acceptors (Lipinski definition) is 12. The van der Waals surface area contributed by atoms with E-state index in [0.717, 1.165) is 16.0 Å². The highest BCUT2D eigenvalue weighted by atomic mass is 35.5. The van der Waals surface area contributed by atoms with Gasteiger partial charge in [-0.05, 0) is 95.0 Å². The number of ether oxygens (including phenoxy) is 4. The molecule has 15 heteroatoms. The number of methoxy groups -OCH3 is 2. The number of anilines is 1. The molecular weight excluding hydrogens is 668 g/mol. The number of carbonyl (C=O) groups excluding carboxylic acids is 2. The fourth-order valence-electron chi connectivity index (χ4n) is 5.81. The predicted molar refractivity (Wildman–Crippen MR) is 186 cm³/mol. The highest BCUT2D eigenvalue weighted by Gasteiger charge is 2.51. The normalized spacial score (nSPS) is 19.4. The van der Waals surface area contributed by atoms with E-state index in [2.05, 4.69) is 20.3 Å². The highest BCUT2D eigenvalue weighted by molar-refractivity contribution is 6.28. The first kappa shape index (κ1) is 36.6. The van der Waals surface area contributed by atoms with Gasteiger partial charge in [-0.3, -0.25) is 0 Å². The largest absolute Gasteiger partial charge is 0.497 e. The maximum Gasteiger partial charge on any atom is 0.420 e. The Labute approximate surface area is 295 Å². The van der Waals surface area contributed by atoms with Crippen molar-refractivity contribution in [2.24, 2.45) is 0 Å². The SMILES string of the molecule is COc1ccc(C(Nc2nc(Cl)nc3c2ncn3[C@H]2C[C@H](N(C(=O)OC(C)(C)C)C(=O)OC(C)(C)C)[C@H](O)[C@H]2O)c2ccc(OC)cc2)cc1. The first-order chi connectivity index (χ1) is 23.5. The fraction of sp³-hybridized carbons (Fsp3) is 0.457. The molecule has 0 bridgehead atoms. The first-order valence-electron chi connectivity index (χ1n) is 16.1. The van der Waals surface area contributed by atoms with Crippen LogP contribution in [0.5, 0.6) is 11.5 Å². The summed E-state index contributed by atoms with van der Waals surface area (Å²) in [5.74, 6) is 1.70. The lowest BCUT2D eigenvalue weighted by Crippen LogP contribution is -2.52. The number of nitrogens with one attached hydrogen (secondary N) is 1. The highest BCUT2D eigenvalue weighted by Crippen LogP contribution is 2.38. The molecule has 4 aromatic rings. The Morgan fingerprint density at radius 3 is 1.82 bits per heavy atom. The van der Waals surface area contributed by atoms with Gasteiger partial charge in [-0.1, -0.05) is 24.3 Å². The fourth-order valence-corrected chi connectivity index (χ4v) is 5.97. The van der Waals surface area contributed by atoms with E-state index in [1.165, 1.54) is 6.33 Å². The molecule has 0 spiro atoms. The molecule has 2 aromatic carbocycles. The van der Waals surface area contributed by atoms with E-state index in [-0.39, 0.29) is 17.4 Å². The number of amides is 2. The second-order valence-corrected chi connectivity index (χ2v) is 14.3. The van der Waals surface area contributed by atoms with Crippen LogP contribution in [0.25, 0.3) is 11.2 Å². The molecule has 2 heterocycles. The Morgan fingerprint density at radius 1 is 0.860 bits per heavy atom. The lowest BCUT2D eigenvalue weighted by molar-refractivity contribution is -0.0349. The Bertz CT molecular complexity index is 1740. The van der Waals surface area contributed by atoms with Crippen molar-refractivity contribution in [2.75, 3.05) is 19.5 Å². The third-order valence-corrected chi connectivity index (χ3v) is 8.23. The third-order valence-electron chi connectivity index (χ3n) is 8.06. The van der Waals surface area contributed by atoms with Crippen molar-refractivity contribution in [3.63, 3.8) is 0 Å². The molecule has 0 radical (unpaired) electrons. The average Bonchev–Trinajstić information content (AvgIpc) is 3.58. The molecule has 14 nitrogen and oxygen atoms in total. The number of imide groups is 1. The minimum Gasteiger partial charge on any atom is -0.497 e. The van der Waals surface area contributed by atoms with Crippen molar-refractivity contribution < 1.29 is 38.7 Å². The average molecular weight is 711 g/mol. The van der Waals surface area contributed by atoms with Crippen LogP contribution < -0.4 is 14.8 Å². The van der Waals surface area contributed by atoms with Crippen LogP contribution in [-0.4, -0.2) is 90.5 Å². The second kappa shape index (κ2) is 14.3. The van der Waals surface area contributed by atoms with Crippen LogP contribution in [0.4, 0.5) is 15.4 Å². The summed E-state index contributed by atoms with van der Waals surface area (Å²) >= 11 is 6.49. The molecule has 1 saturated carbocycles. The number of imidazole rings is 1. The standard InChI is InChI=1S/C35H43ClN6O8/c1-34(2,3)49-32(45)42(33(46)50-35(4,5)6)24-17-23(27(43)28(24)44)41-18-37-26-29(39-31(36)40-30(26)41)38-25(19-9-13-21(47-7)14-10-19)20-11-15-22(48-8)16-12-20/h9-16,18,23-25,27-28,43-44H,17H2,1-8H3,(H,38,39,40)/t23-,24-,27-,28-/m0/s1. The molecule has 50 heavy (non-hydrogen) atoms. The summed E-state index contributed by atoms with van der Waals surface area (Å²) in [5, 5.41) is 26.0. The molecule has 1 fully saturated rings. The van der Waals surface area contributed by atoms with Crippen molar-refractivity contribution in [3.8, 4) is 11.5 Å². The van der Waals surface area contributed by atoms with E-state index < -0.39 is 53.7 Å². The molecule has 1 aliphatic carbocycles. The van der Waals surface area contributed by atoms with Gasteiger partial charge in [0.05, 0.1) is 38.7 Å². The molecule has 1 aliphatic rings. The van der Waals surface area contributed by atoms with Gasteiger partial charge in [0.25, 0.3) is 0 Å².